The second-order valence-corrected chi connectivity index (χ2v) is 6.18. The maximum Gasteiger partial charge on any atom is 0.282 e. The molecule has 0 radical (unpaired) electrons. The maximum absolute atomic E-state index is 11.7. The van der Waals surface area contributed by atoms with Crippen LogP contribution in [0.4, 0.5) is 0 Å². The van der Waals surface area contributed by atoms with Crippen LogP contribution in [-0.4, -0.2) is 45.0 Å². The van der Waals surface area contributed by atoms with Gasteiger partial charge in [0.1, 0.15) is 17.2 Å². The van der Waals surface area contributed by atoms with E-state index >= 15 is 0 Å². The van der Waals surface area contributed by atoms with Crippen molar-refractivity contribution in [2.75, 3.05) is 20.5 Å². The van der Waals surface area contributed by atoms with Crippen molar-refractivity contribution in [3.63, 3.8) is 0 Å². The van der Waals surface area contributed by atoms with E-state index in [-0.39, 0.29) is 5.69 Å². The molecule has 0 aliphatic heterocycles. The van der Waals surface area contributed by atoms with Gasteiger partial charge in [-0.3, -0.25) is 9.89 Å². The Kier molecular flexibility index (Phi) is 4.36. The first-order chi connectivity index (χ1) is 10.3. The lowest BCUT2D eigenvalue weighted by molar-refractivity contribution is 0.0977. The van der Waals surface area contributed by atoms with E-state index in [0.717, 1.165) is 6.26 Å². The third-order valence-electron chi connectivity index (χ3n) is 2.79. The molecule has 0 aliphatic rings. The Morgan fingerprint density at radius 3 is 2.55 bits per heavy atom. The van der Waals surface area contributed by atoms with Crippen LogP contribution in [0.2, 0.25) is 0 Å². The highest BCUT2D eigenvalue weighted by atomic mass is 32.2. The number of aromatic nitrogens is 2. The number of amides is 1. The zero-order valence-electron chi connectivity index (χ0n) is 12.2. The first-order valence-corrected chi connectivity index (χ1v) is 8.03. The highest BCUT2D eigenvalue weighted by Crippen LogP contribution is 2.32. The van der Waals surface area contributed by atoms with E-state index in [4.69, 9.17) is 9.47 Å². The lowest BCUT2D eigenvalue weighted by atomic mass is 10.1. The molecular formula is C13H15N3O5S. The summed E-state index contributed by atoms with van der Waals surface area (Å²) < 4.78 is 34.4. The number of hydrogen-bond acceptors (Lipinski definition) is 6. The minimum atomic E-state index is -3.64. The minimum absolute atomic E-state index is 0.0262. The third kappa shape index (κ3) is 3.55. The summed E-state index contributed by atoms with van der Waals surface area (Å²) >= 11 is 0. The zero-order valence-corrected chi connectivity index (χ0v) is 13.0. The molecular weight excluding hydrogens is 310 g/mol. The first-order valence-electron chi connectivity index (χ1n) is 6.14. The number of hydrogen-bond donors (Lipinski definition) is 2. The van der Waals surface area contributed by atoms with Crippen LogP contribution in [0.15, 0.2) is 24.3 Å². The van der Waals surface area contributed by atoms with Gasteiger partial charge in [0.05, 0.1) is 26.2 Å². The van der Waals surface area contributed by atoms with Crippen LogP contribution in [0.1, 0.15) is 10.5 Å². The number of benzene rings is 1. The fraction of sp³-hybridized carbons (Fsp3) is 0.231. The van der Waals surface area contributed by atoms with Gasteiger partial charge in [-0.2, -0.15) is 5.10 Å². The number of rotatable bonds is 5. The fourth-order valence-corrected chi connectivity index (χ4v) is 2.26. The van der Waals surface area contributed by atoms with Gasteiger partial charge < -0.3 is 9.47 Å². The number of aromatic amines is 1. The maximum atomic E-state index is 11.7. The van der Waals surface area contributed by atoms with Crippen molar-refractivity contribution in [2.24, 2.45) is 0 Å². The van der Waals surface area contributed by atoms with E-state index in [1.807, 2.05) is 4.72 Å². The van der Waals surface area contributed by atoms with Crippen molar-refractivity contribution < 1.29 is 22.7 Å². The Labute approximate surface area is 127 Å². The first kappa shape index (κ1) is 15.8. The van der Waals surface area contributed by atoms with Crippen LogP contribution >= 0.6 is 0 Å². The lowest BCUT2D eigenvalue weighted by Gasteiger charge is -2.08. The lowest BCUT2D eigenvalue weighted by Crippen LogP contribution is -2.29. The van der Waals surface area contributed by atoms with Crippen molar-refractivity contribution >= 4 is 15.9 Å². The molecule has 0 unspecified atom stereocenters. The summed E-state index contributed by atoms with van der Waals surface area (Å²) in [6, 6.07) is 6.57. The number of ether oxygens (including phenoxy) is 2. The van der Waals surface area contributed by atoms with Gasteiger partial charge in [0.2, 0.25) is 10.0 Å². The van der Waals surface area contributed by atoms with E-state index in [0.29, 0.717) is 22.8 Å². The fourth-order valence-electron chi connectivity index (χ4n) is 1.81. The molecule has 2 N–H and O–H groups in total. The average Bonchev–Trinajstić information content (AvgIpc) is 2.94. The molecule has 0 aliphatic carbocycles. The highest BCUT2D eigenvalue weighted by molar-refractivity contribution is 7.89. The molecule has 0 bridgehead atoms. The van der Waals surface area contributed by atoms with E-state index in [1.165, 1.54) is 20.3 Å². The monoisotopic (exact) mass is 325 g/mol. The third-order valence-corrected chi connectivity index (χ3v) is 3.34. The molecule has 1 aromatic heterocycles. The van der Waals surface area contributed by atoms with Crippen LogP contribution in [0.5, 0.6) is 11.5 Å². The van der Waals surface area contributed by atoms with Gasteiger partial charge in [-0.25, -0.2) is 13.1 Å². The highest BCUT2D eigenvalue weighted by Gasteiger charge is 2.16. The molecule has 0 saturated carbocycles. The molecule has 0 spiro atoms. The van der Waals surface area contributed by atoms with Gasteiger partial charge in [-0.15, -0.1) is 0 Å². The van der Waals surface area contributed by atoms with E-state index < -0.39 is 15.9 Å². The number of H-pyrrole nitrogens is 1. The van der Waals surface area contributed by atoms with Crippen molar-refractivity contribution in [1.82, 2.24) is 14.9 Å². The molecule has 8 nitrogen and oxygen atoms in total. The Bertz CT molecular complexity index is 798. The van der Waals surface area contributed by atoms with Crippen molar-refractivity contribution in [3.8, 4) is 22.8 Å². The SMILES string of the molecule is COc1ccc(-c2cc(C(=O)NS(C)(=O)=O)[nH]n2)c(OC)c1. The van der Waals surface area contributed by atoms with Crippen LogP contribution < -0.4 is 14.2 Å². The van der Waals surface area contributed by atoms with Crippen molar-refractivity contribution in [1.29, 1.82) is 0 Å². The van der Waals surface area contributed by atoms with Gasteiger partial charge in [0.15, 0.2) is 0 Å². The summed E-state index contributed by atoms with van der Waals surface area (Å²) in [5, 5.41) is 6.49. The zero-order chi connectivity index (χ0) is 16.3. The van der Waals surface area contributed by atoms with Gasteiger partial charge >= 0.3 is 0 Å². The minimum Gasteiger partial charge on any atom is -0.497 e. The van der Waals surface area contributed by atoms with E-state index in [1.54, 1.807) is 18.2 Å². The molecule has 1 amide bonds. The molecule has 1 aromatic carbocycles. The summed E-state index contributed by atoms with van der Waals surface area (Å²) in [6.07, 6.45) is 0.898. The summed E-state index contributed by atoms with van der Waals surface area (Å²) in [4.78, 5) is 11.7. The number of methoxy groups -OCH3 is 2. The van der Waals surface area contributed by atoms with Gasteiger partial charge in [-0.1, -0.05) is 0 Å². The van der Waals surface area contributed by atoms with Crippen LogP contribution in [0, 0.1) is 0 Å². The molecule has 1 heterocycles. The normalized spacial score (nSPS) is 11.0. The Balaban J connectivity index is 2.34. The summed E-state index contributed by atoms with van der Waals surface area (Å²) in [5.41, 5.74) is 1.11. The predicted octanol–water partition coefficient (Wildman–Crippen LogP) is 0.783. The standard InChI is InChI=1S/C13H15N3O5S/c1-20-8-4-5-9(12(6-8)21-2)10-7-11(15-14-10)13(17)16-22(3,18)19/h4-7H,1-3H3,(H,14,15)(H,16,17). The van der Waals surface area contributed by atoms with Gasteiger partial charge in [-0.05, 0) is 18.2 Å². The molecule has 9 heteroatoms. The molecule has 22 heavy (non-hydrogen) atoms. The molecule has 2 aromatic rings. The van der Waals surface area contributed by atoms with E-state index in [2.05, 4.69) is 10.2 Å². The molecule has 0 fully saturated rings. The van der Waals surface area contributed by atoms with Gasteiger partial charge in [0.25, 0.3) is 5.91 Å². The Morgan fingerprint density at radius 2 is 1.95 bits per heavy atom. The number of nitrogens with one attached hydrogen (secondary N) is 2. The van der Waals surface area contributed by atoms with Crippen LogP contribution in [-0.2, 0) is 10.0 Å². The second-order valence-electron chi connectivity index (χ2n) is 4.44. The molecule has 0 atom stereocenters. The summed E-state index contributed by atoms with van der Waals surface area (Å²) in [7, 11) is -0.597. The largest absolute Gasteiger partial charge is 0.497 e. The van der Waals surface area contributed by atoms with Crippen LogP contribution in [0.3, 0.4) is 0 Å². The predicted molar refractivity (Wildman–Crippen MR) is 79.4 cm³/mol. The van der Waals surface area contributed by atoms with E-state index in [9.17, 15) is 13.2 Å². The molecule has 2 rings (SSSR count). The quantitative estimate of drug-likeness (QED) is 0.840. The van der Waals surface area contributed by atoms with Crippen molar-refractivity contribution in [3.05, 3.63) is 30.0 Å². The molecule has 0 saturated heterocycles. The molecule has 118 valence electrons. The summed E-state index contributed by atoms with van der Waals surface area (Å²) in [6.45, 7) is 0. The Hall–Kier alpha value is -2.55. The van der Waals surface area contributed by atoms with Crippen LogP contribution in [0.25, 0.3) is 11.3 Å². The average molecular weight is 325 g/mol. The Morgan fingerprint density at radius 1 is 1.23 bits per heavy atom. The van der Waals surface area contributed by atoms with Gasteiger partial charge in [0, 0.05) is 11.6 Å². The second kappa shape index (κ2) is 6.06. The van der Waals surface area contributed by atoms with Crippen molar-refractivity contribution in [2.45, 2.75) is 0 Å². The summed E-state index contributed by atoms with van der Waals surface area (Å²) in [5.74, 6) is 0.348. The topological polar surface area (TPSA) is 110 Å². The number of sulfonamides is 1. The number of nitrogens with zero attached hydrogens (tertiary/aromatic N) is 1. The number of carbonyl (C=O) groups excluding carboxylic acids is 1. The number of carbonyl (C=O) groups is 1. The smallest absolute Gasteiger partial charge is 0.282 e.